The fourth-order valence-corrected chi connectivity index (χ4v) is 3.11. The van der Waals surface area contributed by atoms with E-state index in [1.807, 2.05) is 43.1 Å². The average molecular weight is 405 g/mol. The van der Waals surface area contributed by atoms with Crippen molar-refractivity contribution in [3.05, 3.63) is 47.0 Å². The number of nitrogens with zero attached hydrogens (tertiary/aromatic N) is 1. The van der Waals surface area contributed by atoms with Crippen LogP contribution in [0.15, 0.2) is 36.4 Å². The molecular formula is C21H25ClN2O4. The number of nitrogens with one attached hydrogen (secondary N) is 1. The lowest BCUT2D eigenvalue weighted by Gasteiger charge is -2.21. The second kappa shape index (κ2) is 9.66. The molecule has 0 aliphatic carbocycles. The van der Waals surface area contributed by atoms with Gasteiger partial charge in [-0.05, 0) is 32.0 Å². The molecule has 1 N–H and O–H groups in total. The van der Waals surface area contributed by atoms with Crippen molar-refractivity contribution in [1.29, 1.82) is 0 Å². The third kappa shape index (κ3) is 5.53. The number of aryl methyl sites for hydroxylation is 1. The molecule has 150 valence electrons. The van der Waals surface area contributed by atoms with E-state index in [-0.39, 0.29) is 12.5 Å². The van der Waals surface area contributed by atoms with E-state index >= 15 is 0 Å². The van der Waals surface area contributed by atoms with Gasteiger partial charge in [-0.1, -0.05) is 29.8 Å². The van der Waals surface area contributed by atoms with Gasteiger partial charge in [0.1, 0.15) is 19.0 Å². The zero-order valence-electron chi connectivity index (χ0n) is 16.2. The van der Waals surface area contributed by atoms with Crippen molar-refractivity contribution in [2.24, 2.45) is 0 Å². The molecule has 0 atom stereocenters. The van der Waals surface area contributed by atoms with Gasteiger partial charge in [-0.15, -0.1) is 0 Å². The van der Waals surface area contributed by atoms with Gasteiger partial charge >= 0.3 is 0 Å². The molecule has 0 radical (unpaired) electrons. The van der Waals surface area contributed by atoms with Crippen LogP contribution in [-0.4, -0.2) is 50.8 Å². The minimum Gasteiger partial charge on any atom is -0.493 e. The van der Waals surface area contributed by atoms with Crippen molar-refractivity contribution in [1.82, 2.24) is 4.90 Å². The standard InChI is InChI=1S/C21H25ClN2O4/c1-15-6-3-4-7-18(15)26-9-5-8-24(2)14-21(25)23-17-13-20-19(12-16(17)22)27-10-11-28-20/h3-4,6-7,12-13H,5,8-11,14H2,1-2H3,(H,23,25). The van der Waals surface area contributed by atoms with Gasteiger partial charge in [0.15, 0.2) is 11.5 Å². The molecule has 2 aromatic carbocycles. The first-order chi connectivity index (χ1) is 13.5. The van der Waals surface area contributed by atoms with Gasteiger partial charge in [-0.2, -0.15) is 0 Å². The lowest BCUT2D eigenvalue weighted by atomic mass is 10.2. The van der Waals surface area contributed by atoms with E-state index in [0.29, 0.717) is 42.0 Å². The third-order valence-electron chi connectivity index (χ3n) is 4.35. The van der Waals surface area contributed by atoms with Crippen LogP contribution in [0.3, 0.4) is 0 Å². The minimum absolute atomic E-state index is 0.138. The quantitative estimate of drug-likeness (QED) is 0.679. The number of likely N-dealkylation sites (N-methyl/N-ethyl adjacent to an activating group) is 1. The van der Waals surface area contributed by atoms with Crippen molar-refractivity contribution >= 4 is 23.2 Å². The van der Waals surface area contributed by atoms with E-state index < -0.39 is 0 Å². The van der Waals surface area contributed by atoms with Crippen LogP contribution in [0.25, 0.3) is 0 Å². The number of amides is 1. The van der Waals surface area contributed by atoms with E-state index in [0.717, 1.165) is 24.3 Å². The highest BCUT2D eigenvalue weighted by Gasteiger charge is 2.17. The number of carbonyl (C=O) groups is 1. The summed E-state index contributed by atoms with van der Waals surface area (Å²) in [6.07, 6.45) is 0.822. The van der Waals surface area contributed by atoms with Gasteiger partial charge < -0.3 is 19.5 Å². The maximum Gasteiger partial charge on any atom is 0.238 e. The molecule has 0 saturated carbocycles. The summed E-state index contributed by atoms with van der Waals surface area (Å²) in [6.45, 7) is 4.60. The Hall–Kier alpha value is -2.44. The van der Waals surface area contributed by atoms with Crippen molar-refractivity contribution in [2.75, 3.05) is 45.3 Å². The normalized spacial score (nSPS) is 12.7. The number of carbonyl (C=O) groups excluding carboxylic acids is 1. The van der Waals surface area contributed by atoms with Gasteiger partial charge in [0, 0.05) is 18.7 Å². The fraction of sp³-hybridized carbons (Fsp3) is 0.381. The highest BCUT2D eigenvalue weighted by Crippen LogP contribution is 2.37. The maximum absolute atomic E-state index is 12.3. The SMILES string of the molecule is Cc1ccccc1OCCCN(C)CC(=O)Nc1cc2c(cc1Cl)OCCO2. The van der Waals surface area contributed by atoms with Gasteiger partial charge in [-0.25, -0.2) is 0 Å². The summed E-state index contributed by atoms with van der Waals surface area (Å²) in [6, 6.07) is 11.3. The van der Waals surface area contributed by atoms with Crippen LogP contribution in [0.2, 0.25) is 5.02 Å². The molecule has 3 rings (SSSR count). The lowest BCUT2D eigenvalue weighted by molar-refractivity contribution is -0.117. The molecule has 1 aliphatic rings. The molecule has 0 unspecified atom stereocenters. The summed E-state index contributed by atoms with van der Waals surface area (Å²) in [7, 11) is 1.90. The van der Waals surface area contributed by atoms with Gasteiger partial charge in [-0.3, -0.25) is 9.69 Å². The molecule has 6 nitrogen and oxygen atoms in total. The van der Waals surface area contributed by atoms with E-state index in [2.05, 4.69) is 5.32 Å². The van der Waals surface area contributed by atoms with Crippen LogP contribution < -0.4 is 19.5 Å². The molecule has 0 spiro atoms. The van der Waals surface area contributed by atoms with Crippen LogP contribution >= 0.6 is 11.6 Å². The van der Waals surface area contributed by atoms with Crippen molar-refractivity contribution < 1.29 is 19.0 Å². The van der Waals surface area contributed by atoms with Crippen LogP contribution in [0.4, 0.5) is 5.69 Å². The monoisotopic (exact) mass is 404 g/mol. The van der Waals surface area contributed by atoms with E-state index in [4.69, 9.17) is 25.8 Å². The predicted molar refractivity (Wildman–Crippen MR) is 110 cm³/mol. The highest BCUT2D eigenvalue weighted by atomic mass is 35.5. The number of hydrogen-bond donors (Lipinski definition) is 1. The van der Waals surface area contributed by atoms with Crippen LogP contribution in [-0.2, 0) is 4.79 Å². The second-order valence-corrected chi connectivity index (χ2v) is 7.14. The number of hydrogen-bond acceptors (Lipinski definition) is 5. The molecule has 0 bridgehead atoms. The first-order valence-corrected chi connectivity index (χ1v) is 9.66. The minimum atomic E-state index is -0.138. The summed E-state index contributed by atoms with van der Waals surface area (Å²) in [5.74, 6) is 1.95. The molecule has 0 saturated heterocycles. The molecule has 28 heavy (non-hydrogen) atoms. The molecule has 2 aromatic rings. The fourth-order valence-electron chi connectivity index (χ4n) is 2.91. The Morgan fingerprint density at radius 3 is 2.68 bits per heavy atom. The molecule has 1 aliphatic heterocycles. The van der Waals surface area contributed by atoms with Crippen molar-refractivity contribution in [3.8, 4) is 17.2 Å². The Morgan fingerprint density at radius 1 is 1.21 bits per heavy atom. The van der Waals surface area contributed by atoms with Crippen molar-refractivity contribution in [2.45, 2.75) is 13.3 Å². The summed E-state index contributed by atoms with van der Waals surface area (Å²) < 4.78 is 16.8. The highest BCUT2D eigenvalue weighted by molar-refractivity contribution is 6.34. The van der Waals surface area contributed by atoms with Crippen LogP contribution in [0.5, 0.6) is 17.2 Å². The number of benzene rings is 2. The Labute approximate surface area is 170 Å². The number of para-hydroxylation sites is 1. The molecule has 0 aromatic heterocycles. The molecular weight excluding hydrogens is 380 g/mol. The molecule has 0 fully saturated rings. The summed E-state index contributed by atoms with van der Waals surface area (Å²) in [5.41, 5.74) is 1.64. The Bertz CT molecular complexity index is 828. The Balaban J connectivity index is 1.42. The second-order valence-electron chi connectivity index (χ2n) is 6.73. The van der Waals surface area contributed by atoms with E-state index in [9.17, 15) is 4.79 Å². The summed E-state index contributed by atoms with van der Waals surface area (Å²) >= 11 is 6.23. The Kier molecular flexibility index (Phi) is 7.01. The number of anilines is 1. The predicted octanol–water partition coefficient (Wildman–Crippen LogP) is 3.76. The lowest BCUT2D eigenvalue weighted by Crippen LogP contribution is -2.31. The van der Waals surface area contributed by atoms with Crippen molar-refractivity contribution in [3.63, 3.8) is 0 Å². The number of halogens is 1. The van der Waals surface area contributed by atoms with E-state index in [1.54, 1.807) is 12.1 Å². The molecule has 1 amide bonds. The smallest absolute Gasteiger partial charge is 0.238 e. The van der Waals surface area contributed by atoms with Gasteiger partial charge in [0.2, 0.25) is 5.91 Å². The van der Waals surface area contributed by atoms with Crippen LogP contribution in [0, 0.1) is 6.92 Å². The first-order valence-electron chi connectivity index (χ1n) is 9.29. The average Bonchev–Trinajstić information content (AvgIpc) is 2.67. The third-order valence-corrected chi connectivity index (χ3v) is 4.67. The topological polar surface area (TPSA) is 60.0 Å². The van der Waals surface area contributed by atoms with Gasteiger partial charge in [0.05, 0.1) is 23.9 Å². The van der Waals surface area contributed by atoms with Crippen LogP contribution in [0.1, 0.15) is 12.0 Å². The summed E-state index contributed by atoms with van der Waals surface area (Å²) in [4.78, 5) is 14.3. The summed E-state index contributed by atoms with van der Waals surface area (Å²) in [5, 5.41) is 3.26. The molecule has 7 heteroatoms. The zero-order chi connectivity index (χ0) is 19.9. The number of rotatable bonds is 8. The first kappa shape index (κ1) is 20.3. The zero-order valence-corrected chi connectivity index (χ0v) is 16.9. The van der Waals surface area contributed by atoms with Gasteiger partial charge in [0.25, 0.3) is 0 Å². The largest absolute Gasteiger partial charge is 0.493 e. The maximum atomic E-state index is 12.3. The van der Waals surface area contributed by atoms with E-state index in [1.165, 1.54) is 0 Å². The Morgan fingerprint density at radius 2 is 1.93 bits per heavy atom. The number of ether oxygens (including phenoxy) is 3. The number of fused-ring (bicyclic) bond motifs is 1. The molecule has 1 heterocycles.